The number of carbonyl (C=O) groups is 1. The minimum Gasteiger partial charge on any atom is -0.488 e. The van der Waals surface area contributed by atoms with E-state index in [1.165, 1.54) is 12.1 Å². The number of hydrogen-bond acceptors (Lipinski definition) is 5. The zero-order chi connectivity index (χ0) is 21.5. The van der Waals surface area contributed by atoms with Crippen LogP contribution in [0.3, 0.4) is 0 Å². The van der Waals surface area contributed by atoms with Crippen molar-refractivity contribution in [2.24, 2.45) is 5.92 Å². The summed E-state index contributed by atoms with van der Waals surface area (Å²) in [6.07, 6.45) is -3.62. The fourth-order valence-corrected chi connectivity index (χ4v) is 3.92. The van der Waals surface area contributed by atoms with Gasteiger partial charge in [-0.05, 0) is 48.2 Å². The molecule has 2 aliphatic rings. The van der Waals surface area contributed by atoms with Crippen molar-refractivity contribution in [3.8, 4) is 17.2 Å². The third-order valence-corrected chi connectivity index (χ3v) is 5.35. The average Bonchev–Trinajstić information content (AvgIpc) is 2.96. The Kier molecular flexibility index (Phi) is 5.27. The number of hydrogen-bond donors (Lipinski definition) is 1. The van der Waals surface area contributed by atoms with E-state index in [4.69, 9.17) is 4.74 Å². The molecule has 0 radical (unpaired) electrons. The van der Waals surface area contributed by atoms with Gasteiger partial charge in [-0.3, -0.25) is 9.69 Å². The number of aryl methyl sites for hydroxylation is 2. The first kappa shape index (κ1) is 20.4. The van der Waals surface area contributed by atoms with Gasteiger partial charge in [0.1, 0.15) is 12.4 Å². The van der Waals surface area contributed by atoms with Crippen molar-refractivity contribution in [1.82, 2.24) is 10.2 Å². The first-order valence-electron chi connectivity index (χ1n) is 9.80. The van der Waals surface area contributed by atoms with Crippen molar-refractivity contribution in [2.45, 2.75) is 33.3 Å². The molecule has 4 rings (SSSR count). The monoisotopic (exact) mass is 418 g/mol. The molecule has 2 aliphatic heterocycles. The van der Waals surface area contributed by atoms with E-state index in [0.29, 0.717) is 5.56 Å². The lowest BCUT2D eigenvalue weighted by atomic mass is 9.97. The molecule has 0 aromatic heterocycles. The summed E-state index contributed by atoms with van der Waals surface area (Å²) < 4.78 is 41.2. The highest BCUT2D eigenvalue weighted by molar-refractivity contribution is 5.79. The van der Waals surface area contributed by atoms with Crippen molar-refractivity contribution in [1.29, 1.82) is 0 Å². The van der Waals surface area contributed by atoms with Crippen LogP contribution in [0, 0.1) is 19.8 Å². The second-order valence-electron chi connectivity index (χ2n) is 7.80. The minimum absolute atomic E-state index is 0.00880. The van der Waals surface area contributed by atoms with Gasteiger partial charge in [-0.15, -0.1) is 8.78 Å². The highest BCUT2D eigenvalue weighted by Gasteiger charge is 2.43. The summed E-state index contributed by atoms with van der Waals surface area (Å²) in [7, 11) is 1.66. The molecular weight excluding hydrogens is 394 g/mol. The van der Waals surface area contributed by atoms with E-state index in [0.717, 1.165) is 42.1 Å². The number of halogens is 2. The van der Waals surface area contributed by atoms with Crippen LogP contribution in [0.25, 0.3) is 0 Å². The lowest BCUT2D eigenvalue weighted by molar-refractivity contribution is -0.286. The lowest BCUT2D eigenvalue weighted by Crippen LogP contribution is -2.52. The predicted octanol–water partition coefficient (Wildman–Crippen LogP) is 3.38. The Hall–Kier alpha value is -2.87. The Bertz CT molecular complexity index is 951. The summed E-state index contributed by atoms with van der Waals surface area (Å²) in [5.74, 6) is 0.962. The van der Waals surface area contributed by atoms with Crippen LogP contribution in [-0.4, -0.2) is 37.2 Å². The SMILES string of the molecule is CNC(=O)C1CN(Cc2cc(C)c(OCc3ccc4c(c3)OC(F)(F)O4)c(C)c2)C1. The molecule has 8 heteroatoms. The number of nitrogens with zero attached hydrogens (tertiary/aromatic N) is 1. The topological polar surface area (TPSA) is 60.0 Å². The molecule has 0 bridgehead atoms. The summed E-state index contributed by atoms with van der Waals surface area (Å²) >= 11 is 0. The maximum Gasteiger partial charge on any atom is 0.586 e. The smallest absolute Gasteiger partial charge is 0.488 e. The molecule has 0 saturated carbocycles. The van der Waals surface area contributed by atoms with E-state index in [9.17, 15) is 13.6 Å². The zero-order valence-corrected chi connectivity index (χ0v) is 17.1. The largest absolute Gasteiger partial charge is 0.586 e. The van der Waals surface area contributed by atoms with Crippen molar-refractivity contribution >= 4 is 5.91 Å². The maximum atomic E-state index is 13.2. The quantitative estimate of drug-likeness (QED) is 0.780. The lowest BCUT2D eigenvalue weighted by Gasteiger charge is -2.38. The van der Waals surface area contributed by atoms with Gasteiger partial charge in [-0.25, -0.2) is 0 Å². The minimum atomic E-state index is -3.62. The zero-order valence-electron chi connectivity index (χ0n) is 17.1. The second kappa shape index (κ2) is 7.75. The molecule has 30 heavy (non-hydrogen) atoms. The van der Waals surface area contributed by atoms with E-state index in [-0.39, 0.29) is 29.9 Å². The van der Waals surface area contributed by atoms with E-state index in [1.54, 1.807) is 13.1 Å². The second-order valence-corrected chi connectivity index (χ2v) is 7.80. The highest BCUT2D eigenvalue weighted by atomic mass is 19.3. The van der Waals surface area contributed by atoms with Crippen LogP contribution in [0.5, 0.6) is 17.2 Å². The van der Waals surface area contributed by atoms with E-state index in [1.807, 2.05) is 13.8 Å². The van der Waals surface area contributed by atoms with Gasteiger partial charge in [0, 0.05) is 26.7 Å². The van der Waals surface area contributed by atoms with Crippen LogP contribution in [0.15, 0.2) is 30.3 Å². The Balaban J connectivity index is 1.37. The summed E-state index contributed by atoms with van der Waals surface area (Å²) in [6, 6.07) is 8.79. The molecule has 2 aromatic carbocycles. The van der Waals surface area contributed by atoms with Gasteiger partial charge in [0.15, 0.2) is 11.5 Å². The van der Waals surface area contributed by atoms with Crippen molar-refractivity contribution in [3.63, 3.8) is 0 Å². The van der Waals surface area contributed by atoms with Crippen LogP contribution in [0.1, 0.15) is 22.3 Å². The molecule has 1 amide bonds. The first-order chi connectivity index (χ1) is 14.2. The predicted molar refractivity (Wildman–Crippen MR) is 106 cm³/mol. The van der Waals surface area contributed by atoms with Crippen molar-refractivity contribution in [3.05, 3.63) is 52.6 Å². The van der Waals surface area contributed by atoms with Gasteiger partial charge in [-0.2, -0.15) is 0 Å². The molecule has 2 aromatic rings. The normalized spacial score (nSPS) is 17.5. The number of carbonyl (C=O) groups excluding carboxylic acids is 1. The van der Waals surface area contributed by atoms with E-state index < -0.39 is 6.29 Å². The third kappa shape index (κ3) is 4.18. The molecular formula is C22H24F2N2O4. The number of ether oxygens (including phenoxy) is 3. The highest BCUT2D eigenvalue weighted by Crippen LogP contribution is 2.41. The molecule has 1 N–H and O–H groups in total. The molecule has 6 nitrogen and oxygen atoms in total. The number of nitrogens with one attached hydrogen (secondary N) is 1. The number of benzene rings is 2. The number of fused-ring (bicyclic) bond motifs is 1. The summed E-state index contributed by atoms with van der Waals surface area (Å²) in [5, 5.41) is 2.69. The van der Waals surface area contributed by atoms with E-state index >= 15 is 0 Å². The van der Waals surface area contributed by atoms with Crippen LogP contribution in [-0.2, 0) is 17.9 Å². The van der Waals surface area contributed by atoms with Crippen molar-refractivity contribution in [2.75, 3.05) is 20.1 Å². The summed E-state index contributed by atoms with van der Waals surface area (Å²) in [6.45, 7) is 6.50. The fourth-order valence-electron chi connectivity index (χ4n) is 3.92. The number of amides is 1. The fraction of sp³-hybridized carbons (Fsp3) is 0.409. The molecule has 1 fully saturated rings. The standard InChI is InChI=1S/C22H24F2N2O4/c1-13-6-16(9-26-10-17(11-26)21(27)25-3)7-14(2)20(13)28-12-15-4-5-18-19(8-15)30-22(23,24)29-18/h4-8,17H,9-12H2,1-3H3,(H,25,27). The first-order valence-corrected chi connectivity index (χ1v) is 9.80. The molecule has 1 saturated heterocycles. The molecule has 0 atom stereocenters. The number of alkyl halides is 2. The van der Waals surface area contributed by atoms with Gasteiger partial charge in [-0.1, -0.05) is 18.2 Å². The Morgan fingerprint density at radius 2 is 1.80 bits per heavy atom. The molecule has 160 valence electrons. The number of likely N-dealkylation sites (tertiary alicyclic amines) is 1. The Morgan fingerprint density at radius 1 is 1.13 bits per heavy atom. The Morgan fingerprint density at radius 3 is 2.47 bits per heavy atom. The molecule has 0 aliphatic carbocycles. The van der Waals surface area contributed by atoms with Gasteiger partial charge in [0.2, 0.25) is 5.91 Å². The molecule has 0 unspecified atom stereocenters. The molecule has 0 spiro atoms. The summed E-state index contributed by atoms with van der Waals surface area (Å²) in [5.41, 5.74) is 3.87. The van der Waals surface area contributed by atoms with Crippen LogP contribution in [0.4, 0.5) is 8.78 Å². The van der Waals surface area contributed by atoms with Crippen LogP contribution >= 0.6 is 0 Å². The average molecular weight is 418 g/mol. The summed E-state index contributed by atoms with van der Waals surface area (Å²) in [4.78, 5) is 13.9. The van der Waals surface area contributed by atoms with E-state index in [2.05, 4.69) is 31.8 Å². The Labute approximate surface area is 173 Å². The molecule has 2 heterocycles. The number of rotatable bonds is 6. The van der Waals surface area contributed by atoms with Gasteiger partial charge in [0.05, 0.1) is 5.92 Å². The van der Waals surface area contributed by atoms with Crippen LogP contribution in [0.2, 0.25) is 0 Å². The third-order valence-electron chi connectivity index (χ3n) is 5.35. The van der Waals surface area contributed by atoms with Crippen LogP contribution < -0.4 is 19.5 Å². The van der Waals surface area contributed by atoms with Gasteiger partial charge >= 0.3 is 6.29 Å². The maximum absolute atomic E-state index is 13.2. The van der Waals surface area contributed by atoms with Crippen molar-refractivity contribution < 1.29 is 27.8 Å². The van der Waals surface area contributed by atoms with Gasteiger partial charge in [0.25, 0.3) is 0 Å². The van der Waals surface area contributed by atoms with Gasteiger partial charge < -0.3 is 19.5 Å².